The van der Waals surface area contributed by atoms with E-state index in [0.29, 0.717) is 18.8 Å². The number of carbonyl (C=O) groups is 1. The molecule has 8 heteroatoms. The van der Waals surface area contributed by atoms with Gasteiger partial charge in [-0.3, -0.25) is 4.79 Å². The lowest BCUT2D eigenvalue weighted by Crippen LogP contribution is -2.35. The first-order valence-corrected chi connectivity index (χ1v) is 8.66. The number of β-amino-alcohol motifs (C(OH)–C–C–N with tert-alkyl or cyclic N) is 1. The fourth-order valence-corrected chi connectivity index (χ4v) is 4.16. The Labute approximate surface area is 143 Å². The maximum absolute atomic E-state index is 11.8. The van der Waals surface area contributed by atoms with Crippen molar-refractivity contribution in [1.29, 1.82) is 0 Å². The molecular formula is C14H18ClN3O2S2. The molecule has 1 aliphatic rings. The Morgan fingerprint density at radius 1 is 1.45 bits per heavy atom. The van der Waals surface area contributed by atoms with Crippen molar-refractivity contribution in [3.05, 3.63) is 24.3 Å². The van der Waals surface area contributed by atoms with Crippen molar-refractivity contribution in [2.24, 2.45) is 5.92 Å². The highest BCUT2D eigenvalue weighted by Gasteiger charge is 2.24. The van der Waals surface area contributed by atoms with Crippen LogP contribution in [0.5, 0.6) is 0 Å². The molecule has 3 N–H and O–H groups in total. The number of thiazole rings is 1. The molecule has 2 atom stereocenters. The summed E-state index contributed by atoms with van der Waals surface area (Å²) in [6.07, 6.45) is -0.359. The highest BCUT2D eigenvalue weighted by atomic mass is 35.5. The van der Waals surface area contributed by atoms with Gasteiger partial charge < -0.3 is 15.7 Å². The number of fused-ring (bicyclic) bond motifs is 1. The zero-order chi connectivity index (χ0) is 14.7. The molecule has 3 rings (SSSR count). The Morgan fingerprint density at radius 2 is 2.27 bits per heavy atom. The number of thioether (sulfide) groups is 1. The normalized spacial score (nSPS) is 20.8. The quantitative estimate of drug-likeness (QED) is 0.706. The molecule has 1 saturated heterocycles. The number of nitrogens with zero attached hydrogens (tertiary/aromatic N) is 1. The van der Waals surface area contributed by atoms with Gasteiger partial charge in [-0.1, -0.05) is 23.9 Å². The van der Waals surface area contributed by atoms with Crippen molar-refractivity contribution < 1.29 is 9.90 Å². The third-order valence-corrected chi connectivity index (χ3v) is 5.65. The van der Waals surface area contributed by atoms with E-state index in [1.807, 2.05) is 24.3 Å². The summed E-state index contributed by atoms with van der Waals surface area (Å²) >= 11 is 3.06. The number of aromatic nitrogens is 1. The van der Waals surface area contributed by atoms with Crippen LogP contribution in [-0.4, -0.2) is 47.5 Å². The van der Waals surface area contributed by atoms with Crippen LogP contribution < -0.4 is 10.6 Å². The maximum Gasteiger partial charge on any atom is 0.230 e. The number of aliphatic hydroxyl groups excluding tert-OH is 1. The number of nitrogens with one attached hydrogen (secondary N) is 2. The number of carbonyl (C=O) groups excluding carboxylic acids is 1. The summed E-state index contributed by atoms with van der Waals surface area (Å²) in [5.41, 5.74) is 0.977. The van der Waals surface area contributed by atoms with Gasteiger partial charge in [-0.2, -0.15) is 0 Å². The average Bonchev–Trinajstić information content (AvgIpc) is 3.08. The van der Waals surface area contributed by atoms with E-state index < -0.39 is 0 Å². The SMILES string of the molecule is Cl.O=C(CSc1nc2ccccc2s1)NCC1CNCC1O. The molecule has 1 aliphatic heterocycles. The number of benzene rings is 1. The number of aliphatic hydroxyl groups is 1. The molecule has 0 bridgehead atoms. The molecule has 120 valence electrons. The Morgan fingerprint density at radius 3 is 3.00 bits per heavy atom. The molecule has 0 radical (unpaired) electrons. The molecule has 5 nitrogen and oxygen atoms in total. The lowest BCUT2D eigenvalue weighted by Gasteiger charge is -2.13. The Bertz CT molecular complexity index is 604. The van der Waals surface area contributed by atoms with E-state index in [1.54, 1.807) is 11.3 Å². The second kappa shape index (κ2) is 8.12. The number of hydrogen-bond donors (Lipinski definition) is 3. The number of para-hydroxylation sites is 1. The summed E-state index contributed by atoms with van der Waals surface area (Å²) in [6, 6.07) is 7.96. The number of hydrogen-bond acceptors (Lipinski definition) is 6. The van der Waals surface area contributed by atoms with Crippen LogP contribution >= 0.6 is 35.5 Å². The predicted octanol–water partition coefficient (Wildman–Crippen LogP) is 1.51. The van der Waals surface area contributed by atoms with Crippen LogP contribution in [-0.2, 0) is 4.79 Å². The van der Waals surface area contributed by atoms with Gasteiger partial charge >= 0.3 is 0 Å². The molecule has 1 aromatic heterocycles. The average molecular weight is 360 g/mol. The van der Waals surface area contributed by atoms with Gasteiger partial charge in [0, 0.05) is 25.6 Å². The molecule has 2 unspecified atom stereocenters. The lowest BCUT2D eigenvalue weighted by molar-refractivity contribution is -0.118. The third-order valence-electron chi connectivity index (χ3n) is 3.47. The monoisotopic (exact) mass is 359 g/mol. The molecule has 1 aromatic carbocycles. The van der Waals surface area contributed by atoms with E-state index in [1.165, 1.54) is 11.8 Å². The molecule has 0 spiro atoms. The number of halogens is 1. The first-order chi connectivity index (χ1) is 10.2. The summed E-state index contributed by atoms with van der Waals surface area (Å²) in [4.78, 5) is 16.3. The summed E-state index contributed by atoms with van der Waals surface area (Å²) in [7, 11) is 0. The molecule has 0 saturated carbocycles. The van der Waals surface area contributed by atoms with Gasteiger partial charge in [0.25, 0.3) is 0 Å². The molecule has 2 heterocycles. The topological polar surface area (TPSA) is 74.2 Å². The van der Waals surface area contributed by atoms with Crippen LogP contribution in [0.4, 0.5) is 0 Å². The van der Waals surface area contributed by atoms with Crippen LogP contribution in [0.15, 0.2) is 28.6 Å². The maximum atomic E-state index is 11.8. The van der Waals surface area contributed by atoms with E-state index in [2.05, 4.69) is 15.6 Å². The van der Waals surface area contributed by atoms with Gasteiger partial charge in [0.05, 0.1) is 22.1 Å². The van der Waals surface area contributed by atoms with Gasteiger partial charge in [-0.05, 0) is 12.1 Å². The van der Waals surface area contributed by atoms with Gasteiger partial charge in [0.15, 0.2) is 4.34 Å². The zero-order valence-electron chi connectivity index (χ0n) is 11.8. The largest absolute Gasteiger partial charge is 0.391 e. The molecule has 1 fully saturated rings. The van der Waals surface area contributed by atoms with Crippen molar-refractivity contribution in [3.63, 3.8) is 0 Å². The first kappa shape index (κ1) is 17.5. The molecule has 22 heavy (non-hydrogen) atoms. The van der Waals surface area contributed by atoms with Crippen LogP contribution in [0.2, 0.25) is 0 Å². The minimum absolute atomic E-state index is 0. The van der Waals surface area contributed by atoms with E-state index >= 15 is 0 Å². The summed E-state index contributed by atoms with van der Waals surface area (Å²) in [5, 5.41) is 15.6. The molecule has 1 amide bonds. The van der Waals surface area contributed by atoms with Crippen LogP contribution in [0.3, 0.4) is 0 Å². The van der Waals surface area contributed by atoms with E-state index in [9.17, 15) is 9.90 Å². The van der Waals surface area contributed by atoms with Crippen LogP contribution in [0.1, 0.15) is 0 Å². The summed E-state index contributed by atoms with van der Waals surface area (Å²) < 4.78 is 2.05. The lowest BCUT2D eigenvalue weighted by atomic mass is 10.1. The Hall–Kier alpha value is -0.860. The van der Waals surface area contributed by atoms with Crippen molar-refractivity contribution >= 4 is 51.6 Å². The van der Waals surface area contributed by atoms with Crippen molar-refractivity contribution in [3.8, 4) is 0 Å². The Balaban J connectivity index is 0.00000176. The zero-order valence-corrected chi connectivity index (χ0v) is 14.3. The first-order valence-electron chi connectivity index (χ1n) is 6.86. The van der Waals surface area contributed by atoms with E-state index in [4.69, 9.17) is 0 Å². The van der Waals surface area contributed by atoms with Gasteiger partial charge in [0.1, 0.15) is 0 Å². The number of rotatable bonds is 5. The molecular weight excluding hydrogens is 342 g/mol. The fraction of sp³-hybridized carbons (Fsp3) is 0.429. The van der Waals surface area contributed by atoms with Crippen molar-refractivity contribution in [1.82, 2.24) is 15.6 Å². The number of amides is 1. The second-order valence-corrected chi connectivity index (χ2v) is 7.28. The van der Waals surface area contributed by atoms with Crippen molar-refractivity contribution in [2.75, 3.05) is 25.4 Å². The van der Waals surface area contributed by atoms with E-state index in [-0.39, 0.29) is 30.3 Å². The summed E-state index contributed by atoms with van der Waals surface area (Å²) in [5.74, 6) is 0.454. The van der Waals surface area contributed by atoms with E-state index in [0.717, 1.165) is 21.1 Å². The highest BCUT2D eigenvalue weighted by molar-refractivity contribution is 8.01. The van der Waals surface area contributed by atoms with Crippen LogP contribution in [0.25, 0.3) is 10.2 Å². The highest BCUT2D eigenvalue weighted by Crippen LogP contribution is 2.28. The smallest absolute Gasteiger partial charge is 0.230 e. The predicted molar refractivity (Wildman–Crippen MR) is 93.0 cm³/mol. The summed E-state index contributed by atoms with van der Waals surface area (Å²) in [6.45, 7) is 1.89. The van der Waals surface area contributed by atoms with Crippen LogP contribution in [0, 0.1) is 5.92 Å². The van der Waals surface area contributed by atoms with Gasteiger partial charge in [0.2, 0.25) is 5.91 Å². The minimum atomic E-state index is -0.359. The fourth-order valence-electron chi connectivity index (χ4n) is 2.26. The molecule has 0 aliphatic carbocycles. The second-order valence-electron chi connectivity index (χ2n) is 5.03. The van der Waals surface area contributed by atoms with Gasteiger partial charge in [-0.25, -0.2) is 4.98 Å². The standard InChI is InChI=1S/C14H17N3O2S2.ClH/c18-11-7-15-5-9(11)6-16-13(19)8-20-14-17-10-3-1-2-4-12(10)21-14;/h1-4,9,11,15,18H,5-8H2,(H,16,19);1H. The van der Waals surface area contributed by atoms with Crippen molar-refractivity contribution in [2.45, 2.75) is 10.4 Å². The molecule has 2 aromatic rings. The Kier molecular flexibility index (Phi) is 6.46. The van der Waals surface area contributed by atoms with Gasteiger partial charge in [-0.15, -0.1) is 23.7 Å². The third kappa shape index (κ3) is 4.33. The minimum Gasteiger partial charge on any atom is -0.391 e.